The van der Waals surface area contributed by atoms with Gasteiger partial charge in [-0.25, -0.2) is 4.39 Å². The molecule has 1 amide bonds. The van der Waals surface area contributed by atoms with Crippen molar-refractivity contribution in [2.24, 2.45) is 0 Å². The van der Waals surface area contributed by atoms with E-state index in [0.29, 0.717) is 41.3 Å². The van der Waals surface area contributed by atoms with Crippen LogP contribution in [0.15, 0.2) is 24.3 Å². The Balaban J connectivity index is 1.62. The number of hydrogen-bond acceptors (Lipinski definition) is 7. The Kier molecular flexibility index (Phi) is 4.11. The predicted molar refractivity (Wildman–Crippen MR) is 91.3 cm³/mol. The van der Waals surface area contributed by atoms with Gasteiger partial charge in [-0.05, 0) is 42.7 Å². The van der Waals surface area contributed by atoms with Crippen molar-refractivity contribution in [1.29, 1.82) is 0 Å². The fourth-order valence-corrected chi connectivity index (χ4v) is 3.59. The van der Waals surface area contributed by atoms with E-state index in [9.17, 15) is 9.18 Å². The largest absolute Gasteiger partial charge is 0.466 e. The summed E-state index contributed by atoms with van der Waals surface area (Å²) in [4.78, 5) is 18.7. The Morgan fingerprint density at radius 3 is 2.73 bits per heavy atom. The summed E-state index contributed by atoms with van der Waals surface area (Å²) >= 11 is 1.19. The number of carbonyl (C=O) groups is 1. The molecule has 2 aromatic heterocycles. The highest BCUT2D eigenvalue weighted by atomic mass is 32.1. The SMILES string of the molecule is COc1nsc(-c2nnc3n2CCN(C(=O)c2ccc(F)cc2)C3C)n1. The number of fused-ring (bicyclic) bond motifs is 1. The maximum atomic E-state index is 13.1. The number of amides is 1. The van der Waals surface area contributed by atoms with Gasteiger partial charge < -0.3 is 14.2 Å². The van der Waals surface area contributed by atoms with Gasteiger partial charge in [0.05, 0.1) is 13.2 Å². The van der Waals surface area contributed by atoms with E-state index in [4.69, 9.17) is 4.74 Å². The van der Waals surface area contributed by atoms with Gasteiger partial charge in [0, 0.05) is 18.7 Å². The maximum absolute atomic E-state index is 13.1. The molecule has 1 unspecified atom stereocenters. The molecule has 10 heteroatoms. The lowest BCUT2D eigenvalue weighted by atomic mass is 10.1. The minimum Gasteiger partial charge on any atom is -0.466 e. The molecule has 0 bridgehead atoms. The van der Waals surface area contributed by atoms with Crippen LogP contribution in [0, 0.1) is 5.82 Å². The zero-order valence-corrected chi connectivity index (χ0v) is 14.9. The highest BCUT2D eigenvalue weighted by molar-refractivity contribution is 7.09. The lowest BCUT2D eigenvalue weighted by molar-refractivity contribution is 0.0638. The summed E-state index contributed by atoms with van der Waals surface area (Å²) in [5, 5.41) is 9.09. The minimum absolute atomic E-state index is 0.161. The van der Waals surface area contributed by atoms with Crippen molar-refractivity contribution in [1.82, 2.24) is 29.0 Å². The van der Waals surface area contributed by atoms with E-state index in [1.165, 1.54) is 42.9 Å². The van der Waals surface area contributed by atoms with Crippen LogP contribution in [0.1, 0.15) is 29.1 Å². The molecule has 26 heavy (non-hydrogen) atoms. The molecular weight excluding hydrogens is 359 g/mol. The number of nitrogens with zero attached hydrogens (tertiary/aromatic N) is 6. The van der Waals surface area contributed by atoms with Gasteiger partial charge in [0.25, 0.3) is 5.91 Å². The van der Waals surface area contributed by atoms with E-state index in [1.807, 2.05) is 11.5 Å². The third kappa shape index (κ3) is 2.71. The molecule has 0 saturated carbocycles. The highest BCUT2D eigenvalue weighted by Crippen LogP contribution is 2.30. The molecule has 0 spiro atoms. The Labute approximate surface area is 152 Å². The van der Waals surface area contributed by atoms with Crippen LogP contribution in [-0.2, 0) is 6.54 Å². The van der Waals surface area contributed by atoms with Gasteiger partial charge in [-0.2, -0.15) is 4.98 Å². The number of carbonyl (C=O) groups excluding carboxylic acids is 1. The number of ether oxygens (including phenoxy) is 1. The summed E-state index contributed by atoms with van der Waals surface area (Å²) in [6.07, 6.45) is 0. The molecule has 1 aromatic carbocycles. The van der Waals surface area contributed by atoms with E-state index in [-0.39, 0.29) is 17.8 Å². The second kappa shape index (κ2) is 6.45. The monoisotopic (exact) mass is 374 g/mol. The standard InChI is InChI=1S/C16H15FN6O2S/c1-9-12-19-20-13(14-18-16(25-2)21-26-14)23(12)8-7-22(9)15(24)10-3-5-11(17)6-4-10/h3-6,9H,7-8H2,1-2H3. The van der Waals surface area contributed by atoms with Crippen LogP contribution in [0.3, 0.4) is 0 Å². The summed E-state index contributed by atoms with van der Waals surface area (Å²) < 4.78 is 24.1. The van der Waals surface area contributed by atoms with E-state index in [2.05, 4.69) is 19.6 Å². The maximum Gasteiger partial charge on any atom is 0.328 e. The highest BCUT2D eigenvalue weighted by Gasteiger charge is 2.32. The van der Waals surface area contributed by atoms with Gasteiger partial charge in [-0.15, -0.1) is 14.6 Å². The number of methoxy groups -OCH3 is 1. The zero-order chi connectivity index (χ0) is 18.3. The number of rotatable bonds is 3. The Morgan fingerprint density at radius 1 is 1.27 bits per heavy atom. The average Bonchev–Trinajstić information content (AvgIpc) is 3.29. The van der Waals surface area contributed by atoms with Crippen LogP contribution in [0.4, 0.5) is 4.39 Å². The molecule has 1 aliphatic rings. The smallest absolute Gasteiger partial charge is 0.328 e. The number of benzene rings is 1. The zero-order valence-electron chi connectivity index (χ0n) is 14.1. The Morgan fingerprint density at radius 2 is 2.04 bits per heavy atom. The Bertz CT molecular complexity index is 954. The van der Waals surface area contributed by atoms with Gasteiger partial charge in [0.2, 0.25) is 0 Å². The van der Waals surface area contributed by atoms with Gasteiger partial charge in [0.1, 0.15) is 5.82 Å². The summed E-state index contributed by atoms with van der Waals surface area (Å²) in [5.41, 5.74) is 0.445. The van der Waals surface area contributed by atoms with Crippen molar-refractivity contribution in [3.05, 3.63) is 41.5 Å². The summed E-state index contributed by atoms with van der Waals surface area (Å²) in [6, 6.07) is 5.57. The molecule has 1 atom stereocenters. The van der Waals surface area contributed by atoms with Crippen molar-refractivity contribution in [3.8, 4) is 16.8 Å². The third-order valence-electron chi connectivity index (χ3n) is 4.32. The molecule has 0 aliphatic carbocycles. The lowest BCUT2D eigenvalue weighted by Gasteiger charge is -2.33. The van der Waals surface area contributed by atoms with Gasteiger partial charge in [-0.3, -0.25) is 4.79 Å². The van der Waals surface area contributed by atoms with E-state index in [1.54, 1.807) is 4.90 Å². The molecule has 0 radical (unpaired) electrons. The summed E-state index contributed by atoms with van der Waals surface area (Å²) in [6.45, 7) is 2.92. The van der Waals surface area contributed by atoms with E-state index >= 15 is 0 Å². The van der Waals surface area contributed by atoms with Crippen molar-refractivity contribution in [2.75, 3.05) is 13.7 Å². The quantitative estimate of drug-likeness (QED) is 0.698. The predicted octanol–water partition coefficient (Wildman–Crippen LogP) is 2.16. The van der Waals surface area contributed by atoms with Crippen LogP contribution in [0.2, 0.25) is 0 Å². The molecule has 0 N–H and O–H groups in total. The first kappa shape index (κ1) is 16.6. The van der Waals surface area contributed by atoms with Crippen LogP contribution in [0.25, 0.3) is 10.8 Å². The summed E-state index contributed by atoms with van der Waals surface area (Å²) in [7, 11) is 1.51. The van der Waals surface area contributed by atoms with Gasteiger partial charge >= 0.3 is 6.01 Å². The number of aromatic nitrogens is 5. The van der Waals surface area contributed by atoms with Crippen molar-refractivity contribution < 1.29 is 13.9 Å². The van der Waals surface area contributed by atoms with Gasteiger partial charge in [-0.1, -0.05) is 0 Å². The summed E-state index contributed by atoms with van der Waals surface area (Å²) in [5.74, 6) is 0.758. The molecule has 8 nitrogen and oxygen atoms in total. The fourth-order valence-electron chi connectivity index (χ4n) is 2.96. The molecule has 3 heterocycles. The van der Waals surface area contributed by atoms with Crippen LogP contribution in [-0.4, -0.2) is 48.6 Å². The molecule has 4 rings (SSSR count). The topological polar surface area (TPSA) is 86.0 Å². The first-order valence-corrected chi connectivity index (χ1v) is 8.73. The van der Waals surface area contributed by atoms with Crippen LogP contribution >= 0.6 is 11.5 Å². The van der Waals surface area contributed by atoms with E-state index < -0.39 is 0 Å². The molecular formula is C16H15FN6O2S. The number of hydrogen-bond donors (Lipinski definition) is 0. The minimum atomic E-state index is -0.370. The first-order valence-electron chi connectivity index (χ1n) is 7.96. The van der Waals surface area contributed by atoms with Crippen LogP contribution in [0.5, 0.6) is 6.01 Å². The van der Waals surface area contributed by atoms with Gasteiger partial charge in [0.15, 0.2) is 16.7 Å². The first-order chi connectivity index (χ1) is 12.6. The second-order valence-electron chi connectivity index (χ2n) is 5.80. The average molecular weight is 374 g/mol. The normalized spacial score (nSPS) is 16.4. The Hall–Kier alpha value is -2.88. The van der Waals surface area contributed by atoms with Crippen LogP contribution < -0.4 is 4.74 Å². The third-order valence-corrected chi connectivity index (χ3v) is 5.01. The van der Waals surface area contributed by atoms with E-state index in [0.717, 1.165) is 0 Å². The van der Waals surface area contributed by atoms with Crippen molar-refractivity contribution in [2.45, 2.75) is 19.5 Å². The second-order valence-corrected chi connectivity index (χ2v) is 6.55. The molecule has 134 valence electrons. The number of halogens is 1. The molecule has 0 saturated heterocycles. The lowest BCUT2D eigenvalue weighted by Crippen LogP contribution is -2.41. The van der Waals surface area contributed by atoms with Crippen molar-refractivity contribution >= 4 is 17.4 Å². The fraction of sp³-hybridized carbons (Fsp3) is 0.312. The molecule has 1 aliphatic heterocycles. The van der Waals surface area contributed by atoms with Crippen molar-refractivity contribution in [3.63, 3.8) is 0 Å². The molecule has 0 fully saturated rings. The molecule has 3 aromatic rings.